The molecule has 0 aliphatic rings. The summed E-state index contributed by atoms with van der Waals surface area (Å²) in [5, 5.41) is 9.02. The molecule has 3 nitrogen and oxygen atoms in total. The van der Waals surface area contributed by atoms with Crippen LogP contribution in [0.25, 0.3) is 11.0 Å². The highest BCUT2D eigenvalue weighted by atomic mass is 35.5. The van der Waals surface area contributed by atoms with Gasteiger partial charge in [-0.25, -0.2) is 9.18 Å². The van der Waals surface area contributed by atoms with Gasteiger partial charge in [0, 0.05) is 11.1 Å². The molecular weight excluding hydrogens is 223 g/mol. The zero-order valence-corrected chi connectivity index (χ0v) is 8.43. The van der Waals surface area contributed by atoms with Gasteiger partial charge in [0.1, 0.15) is 22.7 Å². The number of aryl methyl sites for hydroxylation is 1. The summed E-state index contributed by atoms with van der Waals surface area (Å²) in [6.45, 7) is 1.47. The van der Waals surface area contributed by atoms with Crippen LogP contribution < -0.4 is 0 Å². The second-order valence-electron chi connectivity index (χ2n) is 3.10. The van der Waals surface area contributed by atoms with Gasteiger partial charge >= 0.3 is 5.97 Å². The number of hydrogen-bond donors (Lipinski definition) is 1. The number of halogens is 2. The Morgan fingerprint density at radius 2 is 2.20 bits per heavy atom. The number of carbonyl (C=O) groups is 1. The molecular formula is C10H6ClFO3. The Kier molecular flexibility index (Phi) is 2.16. The van der Waals surface area contributed by atoms with Crippen LogP contribution in [-0.2, 0) is 0 Å². The molecule has 0 amide bonds. The number of fused-ring (bicyclic) bond motifs is 1. The minimum Gasteiger partial charge on any atom is -0.478 e. The summed E-state index contributed by atoms with van der Waals surface area (Å²) in [5.74, 6) is -1.74. The summed E-state index contributed by atoms with van der Waals surface area (Å²) in [4.78, 5) is 10.9. The van der Waals surface area contributed by atoms with E-state index in [1.165, 1.54) is 13.0 Å². The molecule has 1 N–H and O–H groups in total. The Balaban J connectivity index is 2.93. The van der Waals surface area contributed by atoms with Crippen LogP contribution >= 0.6 is 11.6 Å². The van der Waals surface area contributed by atoms with Gasteiger partial charge in [0.05, 0.1) is 5.39 Å². The van der Waals surface area contributed by atoms with Crippen molar-refractivity contribution < 1.29 is 18.7 Å². The minimum absolute atomic E-state index is 0.0376. The Morgan fingerprint density at radius 1 is 1.53 bits per heavy atom. The molecule has 0 spiro atoms. The monoisotopic (exact) mass is 228 g/mol. The van der Waals surface area contributed by atoms with Crippen LogP contribution in [0, 0.1) is 12.7 Å². The summed E-state index contributed by atoms with van der Waals surface area (Å²) in [5.41, 5.74) is -0.00549. The van der Waals surface area contributed by atoms with E-state index in [0.717, 1.165) is 6.07 Å². The molecule has 1 aromatic heterocycles. The molecule has 1 aromatic carbocycles. The maximum absolute atomic E-state index is 13.5. The van der Waals surface area contributed by atoms with Crippen LogP contribution in [0.5, 0.6) is 0 Å². The predicted molar refractivity (Wildman–Crippen MR) is 52.9 cm³/mol. The lowest BCUT2D eigenvalue weighted by atomic mass is 10.1. The first-order valence-corrected chi connectivity index (χ1v) is 4.50. The molecule has 2 aromatic rings. The quantitative estimate of drug-likeness (QED) is 0.815. The maximum atomic E-state index is 13.5. The standard InChI is InChI=1S/C10H6ClFO3/c1-4-8(10(13)14)9-6(12)2-5(11)3-7(9)15-4/h2-3H,1H3,(H,13,14). The van der Waals surface area contributed by atoms with Crippen LogP contribution in [0.3, 0.4) is 0 Å². The third-order valence-electron chi connectivity index (χ3n) is 2.10. The third kappa shape index (κ3) is 1.47. The fourth-order valence-electron chi connectivity index (χ4n) is 1.52. The number of carboxylic acid groups (broad SMARTS) is 1. The molecule has 15 heavy (non-hydrogen) atoms. The van der Waals surface area contributed by atoms with E-state index in [1.807, 2.05) is 0 Å². The van der Waals surface area contributed by atoms with Gasteiger partial charge in [0.25, 0.3) is 0 Å². The molecule has 2 rings (SSSR count). The molecule has 0 fully saturated rings. The van der Waals surface area contributed by atoms with Crippen LogP contribution in [-0.4, -0.2) is 11.1 Å². The van der Waals surface area contributed by atoms with E-state index in [-0.39, 0.29) is 27.3 Å². The number of aromatic carboxylic acids is 1. The number of carboxylic acids is 1. The molecule has 0 atom stereocenters. The van der Waals surface area contributed by atoms with Crippen molar-refractivity contribution in [1.29, 1.82) is 0 Å². The number of benzene rings is 1. The topological polar surface area (TPSA) is 50.4 Å². The van der Waals surface area contributed by atoms with Crippen molar-refractivity contribution in [2.75, 3.05) is 0 Å². The van der Waals surface area contributed by atoms with E-state index in [1.54, 1.807) is 0 Å². The first-order valence-electron chi connectivity index (χ1n) is 4.12. The lowest BCUT2D eigenvalue weighted by Crippen LogP contribution is -1.97. The number of furan rings is 1. The normalized spacial score (nSPS) is 10.9. The molecule has 0 aliphatic carbocycles. The van der Waals surface area contributed by atoms with Crippen LogP contribution in [0.2, 0.25) is 5.02 Å². The van der Waals surface area contributed by atoms with Gasteiger partial charge < -0.3 is 9.52 Å². The van der Waals surface area contributed by atoms with Gasteiger partial charge in [-0.2, -0.15) is 0 Å². The van der Waals surface area contributed by atoms with E-state index in [2.05, 4.69) is 0 Å². The molecule has 0 bridgehead atoms. The highest BCUT2D eigenvalue weighted by Gasteiger charge is 2.20. The lowest BCUT2D eigenvalue weighted by Gasteiger charge is -1.94. The van der Waals surface area contributed by atoms with Crippen molar-refractivity contribution in [2.45, 2.75) is 6.92 Å². The molecule has 0 unspecified atom stereocenters. The van der Waals surface area contributed by atoms with Gasteiger partial charge in [-0.15, -0.1) is 0 Å². The lowest BCUT2D eigenvalue weighted by molar-refractivity contribution is 0.0696. The van der Waals surface area contributed by atoms with Crippen molar-refractivity contribution in [2.24, 2.45) is 0 Å². The highest BCUT2D eigenvalue weighted by molar-refractivity contribution is 6.31. The average molecular weight is 229 g/mol. The van der Waals surface area contributed by atoms with Crippen molar-refractivity contribution in [1.82, 2.24) is 0 Å². The van der Waals surface area contributed by atoms with Gasteiger partial charge in [-0.1, -0.05) is 11.6 Å². The Morgan fingerprint density at radius 3 is 2.80 bits per heavy atom. The van der Waals surface area contributed by atoms with Crippen molar-refractivity contribution in [3.63, 3.8) is 0 Å². The summed E-state index contributed by atoms with van der Waals surface area (Å²) in [6.07, 6.45) is 0. The third-order valence-corrected chi connectivity index (χ3v) is 2.32. The van der Waals surface area contributed by atoms with Crippen molar-refractivity contribution in [3.8, 4) is 0 Å². The summed E-state index contributed by atoms with van der Waals surface area (Å²) in [7, 11) is 0. The Bertz CT molecular complexity index is 559. The molecule has 0 aliphatic heterocycles. The fourth-order valence-corrected chi connectivity index (χ4v) is 1.72. The molecule has 0 saturated carbocycles. The molecule has 1 heterocycles. The largest absolute Gasteiger partial charge is 0.478 e. The molecule has 78 valence electrons. The van der Waals surface area contributed by atoms with E-state index in [9.17, 15) is 9.18 Å². The van der Waals surface area contributed by atoms with Crippen LogP contribution in [0.4, 0.5) is 4.39 Å². The van der Waals surface area contributed by atoms with Gasteiger partial charge in [-0.05, 0) is 13.0 Å². The van der Waals surface area contributed by atoms with Crippen LogP contribution in [0.15, 0.2) is 16.5 Å². The van der Waals surface area contributed by atoms with Crippen molar-refractivity contribution >= 4 is 28.5 Å². The first-order chi connectivity index (χ1) is 7.00. The SMILES string of the molecule is Cc1oc2cc(Cl)cc(F)c2c1C(=O)O. The van der Waals surface area contributed by atoms with E-state index in [0.29, 0.717) is 0 Å². The smallest absolute Gasteiger partial charge is 0.340 e. The van der Waals surface area contributed by atoms with E-state index >= 15 is 0 Å². The van der Waals surface area contributed by atoms with E-state index in [4.69, 9.17) is 21.1 Å². The number of hydrogen-bond acceptors (Lipinski definition) is 2. The Hall–Kier alpha value is -1.55. The van der Waals surface area contributed by atoms with Gasteiger partial charge in [0.15, 0.2) is 0 Å². The highest BCUT2D eigenvalue weighted by Crippen LogP contribution is 2.30. The molecule has 0 saturated heterocycles. The minimum atomic E-state index is -1.22. The summed E-state index contributed by atoms with van der Waals surface area (Å²) < 4.78 is 18.6. The second-order valence-corrected chi connectivity index (χ2v) is 3.54. The second kappa shape index (κ2) is 3.24. The number of rotatable bonds is 1. The Labute approximate surface area is 89.1 Å². The van der Waals surface area contributed by atoms with Crippen LogP contribution in [0.1, 0.15) is 16.1 Å². The molecule has 0 radical (unpaired) electrons. The predicted octanol–water partition coefficient (Wildman–Crippen LogP) is 3.23. The average Bonchev–Trinajstić information content (AvgIpc) is 2.40. The maximum Gasteiger partial charge on any atom is 0.340 e. The summed E-state index contributed by atoms with van der Waals surface area (Å²) >= 11 is 5.62. The summed E-state index contributed by atoms with van der Waals surface area (Å²) in [6, 6.07) is 2.45. The van der Waals surface area contributed by atoms with Crippen molar-refractivity contribution in [3.05, 3.63) is 34.3 Å². The van der Waals surface area contributed by atoms with Gasteiger partial charge in [0.2, 0.25) is 0 Å². The van der Waals surface area contributed by atoms with Gasteiger partial charge in [-0.3, -0.25) is 0 Å². The zero-order valence-electron chi connectivity index (χ0n) is 7.67. The fraction of sp³-hybridized carbons (Fsp3) is 0.100. The molecule has 5 heteroatoms. The first kappa shape index (κ1) is 9.98. The van der Waals surface area contributed by atoms with E-state index < -0.39 is 11.8 Å². The zero-order chi connectivity index (χ0) is 11.2.